The summed E-state index contributed by atoms with van der Waals surface area (Å²) in [6, 6.07) is 3.38. The van der Waals surface area contributed by atoms with Crippen LogP contribution in [0.25, 0.3) is 0 Å². The minimum atomic E-state index is -0.742. The molecule has 9 heteroatoms. The fourth-order valence-corrected chi connectivity index (χ4v) is 4.55. The topological polar surface area (TPSA) is 113 Å². The number of fused-ring (bicyclic) bond motifs is 1. The number of amides is 3. The zero-order valence-electron chi connectivity index (χ0n) is 17.9. The van der Waals surface area contributed by atoms with Gasteiger partial charge in [-0.25, -0.2) is 0 Å². The van der Waals surface area contributed by atoms with Crippen LogP contribution in [-0.4, -0.2) is 69.5 Å². The molecule has 1 N–H and O–H groups in total. The Balaban J connectivity index is 1.45. The molecule has 0 spiro atoms. The van der Waals surface area contributed by atoms with Crippen LogP contribution in [0.2, 0.25) is 0 Å². The lowest BCUT2D eigenvalue weighted by molar-refractivity contribution is -0.138. The first-order valence-electron chi connectivity index (χ1n) is 10.8. The number of likely N-dealkylation sites (tertiary alicyclic amines) is 2. The van der Waals surface area contributed by atoms with Crippen molar-refractivity contribution in [2.45, 2.75) is 50.7 Å². The molecule has 2 fully saturated rings. The number of aromatic nitrogens is 1. The number of carbonyl (C=O) groups excluding carboxylic acids is 4. The van der Waals surface area contributed by atoms with Crippen LogP contribution in [-0.2, 0) is 20.8 Å². The van der Waals surface area contributed by atoms with Gasteiger partial charge in [-0.3, -0.25) is 24.2 Å². The van der Waals surface area contributed by atoms with E-state index in [0.717, 1.165) is 5.56 Å². The summed E-state index contributed by atoms with van der Waals surface area (Å²) >= 11 is 0. The van der Waals surface area contributed by atoms with Gasteiger partial charge in [-0.1, -0.05) is 19.4 Å². The van der Waals surface area contributed by atoms with E-state index in [0.29, 0.717) is 31.4 Å². The Morgan fingerprint density at radius 3 is 2.81 bits per heavy atom. The van der Waals surface area contributed by atoms with Crippen LogP contribution >= 0.6 is 0 Å². The van der Waals surface area contributed by atoms with Crippen LogP contribution in [0.4, 0.5) is 0 Å². The summed E-state index contributed by atoms with van der Waals surface area (Å²) in [6.07, 6.45) is 7.83. The van der Waals surface area contributed by atoms with E-state index < -0.39 is 18.0 Å². The normalized spacial score (nSPS) is 20.8. The molecule has 4 rings (SSSR count). The van der Waals surface area contributed by atoms with E-state index in [-0.39, 0.29) is 36.6 Å². The Morgan fingerprint density at radius 2 is 2.12 bits per heavy atom. The molecular weight excluding hydrogens is 412 g/mol. The number of ketones is 1. The number of carbonyl (C=O) groups is 4. The average molecular weight is 438 g/mol. The second-order valence-electron chi connectivity index (χ2n) is 8.19. The number of pyridine rings is 1. The van der Waals surface area contributed by atoms with Crippen molar-refractivity contribution in [1.82, 2.24) is 20.1 Å². The van der Waals surface area contributed by atoms with Crippen LogP contribution in [0.1, 0.15) is 42.1 Å². The average Bonchev–Trinajstić information content (AvgIpc) is 3.52. The van der Waals surface area contributed by atoms with Gasteiger partial charge in [0, 0.05) is 18.9 Å². The maximum absolute atomic E-state index is 13.3. The zero-order chi connectivity index (χ0) is 22.7. The third-order valence-electron chi connectivity index (χ3n) is 6.07. The van der Waals surface area contributed by atoms with Crippen molar-refractivity contribution in [3.05, 3.63) is 54.2 Å². The fraction of sp³-hybridized carbons (Fsp3) is 0.435. The Kier molecular flexibility index (Phi) is 6.34. The largest absolute Gasteiger partial charge is 0.472 e. The van der Waals surface area contributed by atoms with E-state index in [1.807, 2.05) is 13.0 Å². The Bertz CT molecular complexity index is 991. The molecule has 0 saturated carbocycles. The Labute approximate surface area is 185 Å². The number of hydrogen-bond acceptors (Lipinski definition) is 6. The molecule has 0 bridgehead atoms. The van der Waals surface area contributed by atoms with Gasteiger partial charge in [-0.2, -0.15) is 0 Å². The van der Waals surface area contributed by atoms with Crippen molar-refractivity contribution in [1.29, 1.82) is 0 Å². The first kappa shape index (κ1) is 21.7. The van der Waals surface area contributed by atoms with Crippen molar-refractivity contribution in [2.75, 3.05) is 13.1 Å². The molecule has 0 radical (unpaired) electrons. The standard InChI is InChI=1S/C23H26N4O5/c1-2-4-17(25-22(30)16-7-10-32-14-16)23(31)26-9-6-18-21(26)19(28)13-27(18)20(29)11-15-5-3-8-24-12-15/h3,5,7-8,10,12,14,17-18,21H,2,4,6,9,11,13H2,1H3,(H,25,30). The zero-order valence-corrected chi connectivity index (χ0v) is 17.9. The summed E-state index contributed by atoms with van der Waals surface area (Å²) in [6.45, 7) is 2.30. The van der Waals surface area contributed by atoms with Crippen molar-refractivity contribution in [2.24, 2.45) is 0 Å². The third-order valence-corrected chi connectivity index (χ3v) is 6.07. The lowest BCUT2D eigenvalue weighted by Gasteiger charge is -2.28. The van der Waals surface area contributed by atoms with Gasteiger partial charge in [0.05, 0.1) is 30.8 Å². The number of hydrogen-bond donors (Lipinski definition) is 1. The quantitative estimate of drug-likeness (QED) is 0.695. The first-order valence-corrected chi connectivity index (χ1v) is 10.8. The second kappa shape index (κ2) is 9.33. The molecule has 168 valence electrons. The molecule has 3 amide bonds. The van der Waals surface area contributed by atoms with E-state index >= 15 is 0 Å². The molecule has 0 aliphatic carbocycles. The molecule has 2 aliphatic heterocycles. The number of rotatable bonds is 7. The minimum Gasteiger partial charge on any atom is -0.472 e. The Morgan fingerprint density at radius 1 is 1.28 bits per heavy atom. The number of nitrogens with zero attached hydrogens (tertiary/aromatic N) is 3. The molecule has 0 aromatic carbocycles. The van der Waals surface area contributed by atoms with Crippen molar-refractivity contribution >= 4 is 23.5 Å². The summed E-state index contributed by atoms with van der Waals surface area (Å²) in [7, 11) is 0. The molecule has 3 unspecified atom stereocenters. The first-order chi connectivity index (χ1) is 15.5. The van der Waals surface area contributed by atoms with Crippen LogP contribution in [0, 0.1) is 0 Å². The fourth-order valence-electron chi connectivity index (χ4n) is 4.55. The lowest BCUT2D eigenvalue weighted by Crippen LogP contribution is -2.52. The molecule has 3 atom stereocenters. The smallest absolute Gasteiger partial charge is 0.255 e. The number of furan rings is 1. The SMILES string of the molecule is CCCC(NC(=O)c1ccoc1)C(=O)N1CCC2C1C(=O)CN2C(=O)Cc1cccnc1. The molecule has 2 aromatic rings. The van der Waals surface area contributed by atoms with Crippen molar-refractivity contribution < 1.29 is 23.6 Å². The molecule has 2 aromatic heterocycles. The summed E-state index contributed by atoms with van der Waals surface area (Å²) < 4.78 is 4.94. The van der Waals surface area contributed by atoms with Gasteiger partial charge in [0.25, 0.3) is 5.91 Å². The van der Waals surface area contributed by atoms with Gasteiger partial charge in [0.1, 0.15) is 18.3 Å². The van der Waals surface area contributed by atoms with Crippen LogP contribution in [0.3, 0.4) is 0 Å². The highest BCUT2D eigenvalue weighted by molar-refractivity contribution is 6.00. The second-order valence-corrected chi connectivity index (χ2v) is 8.19. The van der Waals surface area contributed by atoms with Crippen molar-refractivity contribution in [3.63, 3.8) is 0 Å². The van der Waals surface area contributed by atoms with Crippen LogP contribution in [0.15, 0.2) is 47.5 Å². The van der Waals surface area contributed by atoms with E-state index in [1.54, 1.807) is 28.3 Å². The highest BCUT2D eigenvalue weighted by Gasteiger charge is 2.52. The summed E-state index contributed by atoms with van der Waals surface area (Å²) in [4.78, 5) is 58.6. The van der Waals surface area contributed by atoms with Crippen LogP contribution < -0.4 is 5.32 Å². The van der Waals surface area contributed by atoms with Gasteiger partial charge in [-0.05, 0) is 30.5 Å². The lowest BCUT2D eigenvalue weighted by atomic mass is 10.1. The molecular formula is C23H26N4O5. The van der Waals surface area contributed by atoms with Gasteiger partial charge >= 0.3 is 0 Å². The van der Waals surface area contributed by atoms with Crippen molar-refractivity contribution in [3.8, 4) is 0 Å². The monoisotopic (exact) mass is 438 g/mol. The van der Waals surface area contributed by atoms with E-state index in [9.17, 15) is 19.2 Å². The summed E-state index contributed by atoms with van der Waals surface area (Å²) in [5.74, 6) is -0.971. The summed E-state index contributed by atoms with van der Waals surface area (Å²) in [5.41, 5.74) is 1.12. The minimum absolute atomic E-state index is 0.00195. The highest BCUT2D eigenvalue weighted by Crippen LogP contribution is 2.31. The van der Waals surface area contributed by atoms with Crippen LogP contribution in [0.5, 0.6) is 0 Å². The van der Waals surface area contributed by atoms with Gasteiger partial charge in [-0.15, -0.1) is 0 Å². The Hall–Kier alpha value is -3.49. The van der Waals surface area contributed by atoms with Gasteiger partial charge < -0.3 is 19.5 Å². The molecule has 4 heterocycles. The predicted molar refractivity (Wildman–Crippen MR) is 113 cm³/mol. The maximum Gasteiger partial charge on any atom is 0.255 e. The van der Waals surface area contributed by atoms with E-state index in [2.05, 4.69) is 10.3 Å². The van der Waals surface area contributed by atoms with E-state index in [1.165, 1.54) is 18.6 Å². The summed E-state index contributed by atoms with van der Waals surface area (Å²) in [5, 5.41) is 2.77. The van der Waals surface area contributed by atoms with E-state index in [4.69, 9.17) is 4.42 Å². The molecule has 2 saturated heterocycles. The van der Waals surface area contributed by atoms with Gasteiger partial charge in [0.15, 0.2) is 5.78 Å². The highest BCUT2D eigenvalue weighted by atomic mass is 16.3. The molecule has 32 heavy (non-hydrogen) atoms. The van der Waals surface area contributed by atoms with Gasteiger partial charge in [0.2, 0.25) is 11.8 Å². The molecule has 9 nitrogen and oxygen atoms in total. The molecule has 2 aliphatic rings. The third kappa shape index (κ3) is 4.28. The number of nitrogens with one attached hydrogen (secondary N) is 1. The maximum atomic E-state index is 13.3. The predicted octanol–water partition coefficient (Wildman–Crippen LogP) is 1.20. The number of Topliss-reactive ketones (excluding diaryl/α,β-unsaturated/α-hetero) is 1.